The summed E-state index contributed by atoms with van der Waals surface area (Å²) in [5.41, 5.74) is 6.97. The van der Waals surface area contributed by atoms with Gasteiger partial charge in [-0.3, -0.25) is 4.79 Å². The van der Waals surface area contributed by atoms with Crippen LogP contribution in [0.3, 0.4) is 0 Å². The molecule has 0 radical (unpaired) electrons. The van der Waals surface area contributed by atoms with Crippen LogP contribution in [-0.4, -0.2) is 5.91 Å². The molecule has 0 heterocycles. The van der Waals surface area contributed by atoms with Crippen LogP contribution >= 0.6 is 0 Å². The van der Waals surface area contributed by atoms with Gasteiger partial charge in [0.2, 0.25) is 5.91 Å². The monoisotopic (exact) mass is 276 g/mol. The predicted octanol–water partition coefficient (Wildman–Crippen LogP) is 2.28. The Morgan fingerprint density at radius 2 is 1.80 bits per heavy atom. The van der Waals surface area contributed by atoms with Crippen LogP contribution in [0.5, 0.6) is 0 Å². The molecule has 0 aliphatic rings. The zero-order chi connectivity index (χ0) is 14.5. The van der Waals surface area contributed by atoms with Crippen LogP contribution in [0.4, 0.5) is 8.78 Å². The molecule has 0 saturated carbocycles. The van der Waals surface area contributed by atoms with Crippen molar-refractivity contribution in [3.8, 4) is 0 Å². The van der Waals surface area contributed by atoms with Crippen molar-refractivity contribution >= 4 is 5.91 Å². The zero-order valence-corrected chi connectivity index (χ0v) is 10.6. The summed E-state index contributed by atoms with van der Waals surface area (Å²) in [5.74, 6) is -2.23. The maximum atomic E-state index is 13.0. The molecule has 0 aliphatic carbocycles. The number of carbonyl (C=O) groups excluding carboxylic acids is 1. The molecule has 104 valence electrons. The van der Waals surface area contributed by atoms with Crippen LogP contribution < -0.4 is 11.1 Å². The van der Waals surface area contributed by atoms with Gasteiger partial charge < -0.3 is 11.1 Å². The number of hydrogen-bond acceptors (Lipinski definition) is 2. The van der Waals surface area contributed by atoms with Gasteiger partial charge in [0, 0.05) is 6.54 Å². The summed E-state index contributed by atoms with van der Waals surface area (Å²) in [7, 11) is 0. The summed E-state index contributed by atoms with van der Waals surface area (Å²) in [4.78, 5) is 11.9. The quantitative estimate of drug-likeness (QED) is 0.900. The smallest absolute Gasteiger partial charge is 0.241 e. The van der Waals surface area contributed by atoms with Crippen LogP contribution in [0.1, 0.15) is 17.2 Å². The minimum Gasteiger partial charge on any atom is -0.350 e. The highest BCUT2D eigenvalue weighted by atomic mass is 19.2. The van der Waals surface area contributed by atoms with Gasteiger partial charge in [0.15, 0.2) is 11.6 Å². The topological polar surface area (TPSA) is 55.1 Å². The fourth-order valence-corrected chi connectivity index (χ4v) is 1.76. The third-order valence-corrected chi connectivity index (χ3v) is 2.89. The van der Waals surface area contributed by atoms with Crippen molar-refractivity contribution in [2.75, 3.05) is 0 Å². The van der Waals surface area contributed by atoms with E-state index in [1.54, 1.807) is 24.3 Å². The Bertz CT molecular complexity index is 602. The Labute approximate surface area is 115 Å². The first kappa shape index (κ1) is 14.1. The molecule has 0 spiro atoms. The maximum absolute atomic E-state index is 13.0. The molecule has 2 aromatic carbocycles. The van der Waals surface area contributed by atoms with Gasteiger partial charge in [0.25, 0.3) is 0 Å². The number of rotatable bonds is 4. The van der Waals surface area contributed by atoms with Gasteiger partial charge in [0.1, 0.15) is 6.04 Å². The number of halogens is 2. The van der Waals surface area contributed by atoms with Crippen LogP contribution in [0.15, 0.2) is 48.5 Å². The fraction of sp³-hybridized carbons (Fsp3) is 0.133. The van der Waals surface area contributed by atoms with E-state index in [0.717, 1.165) is 12.1 Å². The van der Waals surface area contributed by atoms with Gasteiger partial charge >= 0.3 is 0 Å². The highest BCUT2D eigenvalue weighted by Crippen LogP contribution is 2.11. The minimum atomic E-state index is -0.941. The van der Waals surface area contributed by atoms with Gasteiger partial charge in [-0.25, -0.2) is 8.78 Å². The molecule has 2 aromatic rings. The SMILES string of the molecule is NC(C(=O)NCc1ccc(F)c(F)c1)c1ccccc1. The number of nitrogens with one attached hydrogen (secondary N) is 1. The number of nitrogens with two attached hydrogens (primary N) is 1. The summed E-state index contributed by atoms with van der Waals surface area (Å²) in [6.45, 7) is 0.0938. The van der Waals surface area contributed by atoms with Crippen molar-refractivity contribution in [3.05, 3.63) is 71.3 Å². The summed E-state index contributed by atoms with van der Waals surface area (Å²) >= 11 is 0. The molecule has 0 fully saturated rings. The summed E-state index contributed by atoms with van der Waals surface area (Å²) in [6.07, 6.45) is 0. The highest BCUT2D eigenvalue weighted by Gasteiger charge is 2.15. The van der Waals surface area contributed by atoms with Crippen molar-refractivity contribution in [3.63, 3.8) is 0 Å². The fourth-order valence-electron chi connectivity index (χ4n) is 1.76. The molecule has 3 nitrogen and oxygen atoms in total. The first-order valence-corrected chi connectivity index (χ1v) is 6.10. The Morgan fingerprint density at radius 3 is 2.45 bits per heavy atom. The average molecular weight is 276 g/mol. The summed E-state index contributed by atoms with van der Waals surface area (Å²) < 4.78 is 25.8. The molecular formula is C15H14F2N2O. The van der Waals surface area contributed by atoms with Gasteiger partial charge in [-0.2, -0.15) is 0 Å². The second-order valence-electron chi connectivity index (χ2n) is 4.35. The van der Waals surface area contributed by atoms with E-state index in [-0.39, 0.29) is 12.5 Å². The Morgan fingerprint density at radius 1 is 1.10 bits per heavy atom. The molecule has 0 saturated heterocycles. The van der Waals surface area contributed by atoms with E-state index in [9.17, 15) is 13.6 Å². The van der Waals surface area contributed by atoms with Crippen molar-refractivity contribution in [2.24, 2.45) is 5.73 Å². The van der Waals surface area contributed by atoms with E-state index >= 15 is 0 Å². The molecule has 0 aliphatic heterocycles. The van der Waals surface area contributed by atoms with E-state index in [0.29, 0.717) is 11.1 Å². The maximum Gasteiger partial charge on any atom is 0.241 e. The number of hydrogen-bond donors (Lipinski definition) is 2. The minimum absolute atomic E-state index is 0.0938. The predicted molar refractivity (Wildman–Crippen MR) is 71.6 cm³/mol. The van der Waals surface area contributed by atoms with Gasteiger partial charge in [-0.15, -0.1) is 0 Å². The molecule has 0 bridgehead atoms. The molecule has 1 amide bonds. The van der Waals surface area contributed by atoms with E-state index < -0.39 is 17.7 Å². The molecule has 1 unspecified atom stereocenters. The summed E-state index contributed by atoms with van der Waals surface area (Å²) in [5, 5.41) is 2.59. The molecule has 20 heavy (non-hydrogen) atoms. The zero-order valence-electron chi connectivity index (χ0n) is 10.6. The lowest BCUT2D eigenvalue weighted by atomic mass is 10.1. The van der Waals surface area contributed by atoms with Crippen LogP contribution in [0.2, 0.25) is 0 Å². The third kappa shape index (κ3) is 3.39. The second-order valence-corrected chi connectivity index (χ2v) is 4.35. The number of carbonyl (C=O) groups is 1. The first-order valence-electron chi connectivity index (χ1n) is 6.10. The highest BCUT2D eigenvalue weighted by molar-refractivity contribution is 5.82. The van der Waals surface area contributed by atoms with Crippen molar-refractivity contribution in [1.82, 2.24) is 5.32 Å². The first-order chi connectivity index (χ1) is 9.58. The van der Waals surface area contributed by atoms with E-state index in [4.69, 9.17) is 5.73 Å². The van der Waals surface area contributed by atoms with Crippen LogP contribution in [0.25, 0.3) is 0 Å². The third-order valence-electron chi connectivity index (χ3n) is 2.89. The van der Waals surface area contributed by atoms with Crippen molar-refractivity contribution in [1.29, 1.82) is 0 Å². The van der Waals surface area contributed by atoms with Crippen molar-refractivity contribution in [2.45, 2.75) is 12.6 Å². The average Bonchev–Trinajstić information content (AvgIpc) is 2.48. The normalized spacial score (nSPS) is 11.9. The van der Waals surface area contributed by atoms with Crippen molar-refractivity contribution < 1.29 is 13.6 Å². The van der Waals surface area contributed by atoms with E-state index in [2.05, 4.69) is 5.32 Å². The lowest BCUT2D eigenvalue weighted by molar-refractivity contribution is -0.122. The Balaban J connectivity index is 1.96. The second kappa shape index (κ2) is 6.25. The lowest BCUT2D eigenvalue weighted by Gasteiger charge is -2.12. The summed E-state index contributed by atoms with van der Waals surface area (Å²) in [6, 6.07) is 11.6. The van der Waals surface area contributed by atoms with Crippen LogP contribution in [0, 0.1) is 11.6 Å². The molecule has 1 atom stereocenters. The number of amides is 1. The largest absolute Gasteiger partial charge is 0.350 e. The lowest BCUT2D eigenvalue weighted by Crippen LogP contribution is -2.33. The molecule has 0 aromatic heterocycles. The van der Waals surface area contributed by atoms with Gasteiger partial charge in [0.05, 0.1) is 0 Å². The molecule has 3 N–H and O–H groups in total. The molecular weight excluding hydrogens is 262 g/mol. The van der Waals surface area contributed by atoms with Gasteiger partial charge in [-0.05, 0) is 23.3 Å². The molecule has 2 rings (SSSR count). The molecule has 5 heteroatoms. The Hall–Kier alpha value is -2.27. The van der Waals surface area contributed by atoms with Crippen LogP contribution in [-0.2, 0) is 11.3 Å². The van der Waals surface area contributed by atoms with E-state index in [1.807, 2.05) is 6.07 Å². The Kier molecular flexibility index (Phi) is 4.42. The van der Waals surface area contributed by atoms with E-state index in [1.165, 1.54) is 6.07 Å². The number of benzene rings is 2. The van der Waals surface area contributed by atoms with Gasteiger partial charge in [-0.1, -0.05) is 36.4 Å². The standard InChI is InChI=1S/C15H14F2N2O/c16-12-7-6-10(8-13(12)17)9-19-15(20)14(18)11-4-2-1-3-5-11/h1-8,14H,9,18H2,(H,19,20).